The summed E-state index contributed by atoms with van der Waals surface area (Å²) in [5.74, 6) is 6.25. The van der Waals surface area contributed by atoms with Gasteiger partial charge < -0.3 is 5.73 Å². The van der Waals surface area contributed by atoms with Crippen molar-refractivity contribution in [1.29, 1.82) is 0 Å². The standard InChI is InChI=1S/C22H19N5O2S/c1-14(2)30(28,29)18-7-5-16(6-8-18)21-13-24-22(23)20(26-21)10-4-15-3-9-19-17(11-15)12-25-27-19/h3,5-9,11-14H,1-2H3,(H2,23,24)(H,25,27). The summed E-state index contributed by atoms with van der Waals surface area (Å²) in [7, 11) is -3.33. The molecule has 0 atom stereocenters. The van der Waals surface area contributed by atoms with Crippen LogP contribution in [0.1, 0.15) is 25.1 Å². The van der Waals surface area contributed by atoms with Crippen molar-refractivity contribution >= 4 is 26.6 Å². The van der Waals surface area contributed by atoms with Crippen LogP contribution in [0, 0.1) is 11.8 Å². The van der Waals surface area contributed by atoms with Crippen LogP contribution in [-0.2, 0) is 9.84 Å². The highest BCUT2D eigenvalue weighted by Crippen LogP contribution is 2.22. The molecule has 2 aromatic carbocycles. The van der Waals surface area contributed by atoms with E-state index < -0.39 is 15.1 Å². The summed E-state index contributed by atoms with van der Waals surface area (Å²) in [6.07, 6.45) is 3.28. The van der Waals surface area contributed by atoms with Crippen LogP contribution in [0.25, 0.3) is 22.2 Å². The quantitative estimate of drug-likeness (QED) is 0.495. The minimum Gasteiger partial charge on any atom is -0.381 e. The number of anilines is 1. The molecule has 30 heavy (non-hydrogen) atoms. The number of nitrogens with two attached hydrogens (primary N) is 1. The van der Waals surface area contributed by atoms with E-state index in [1.165, 1.54) is 0 Å². The van der Waals surface area contributed by atoms with E-state index in [2.05, 4.69) is 32.0 Å². The van der Waals surface area contributed by atoms with Crippen molar-refractivity contribution in [2.24, 2.45) is 0 Å². The molecule has 0 unspecified atom stereocenters. The molecule has 2 heterocycles. The van der Waals surface area contributed by atoms with Crippen LogP contribution in [0.15, 0.2) is 59.8 Å². The second-order valence-corrected chi connectivity index (χ2v) is 9.53. The number of hydrogen-bond donors (Lipinski definition) is 2. The first-order chi connectivity index (χ1) is 14.3. The van der Waals surface area contributed by atoms with Gasteiger partial charge in [0.05, 0.1) is 33.7 Å². The summed E-state index contributed by atoms with van der Waals surface area (Å²) < 4.78 is 24.6. The summed E-state index contributed by atoms with van der Waals surface area (Å²) >= 11 is 0. The van der Waals surface area contributed by atoms with Crippen LogP contribution in [0.2, 0.25) is 0 Å². The number of rotatable bonds is 3. The summed E-state index contributed by atoms with van der Waals surface area (Å²) in [4.78, 5) is 8.97. The van der Waals surface area contributed by atoms with Crippen molar-refractivity contribution in [1.82, 2.24) is 20.2 Å². The molecule has 7 nitrogen and oxygen atoms in total. The second-order valence-electron chi connectivity index (χ2n) is 7.03. The third-order valence-corrected chi connectivity index (χ3v) is 6.84. The molecule has 0 aliphatic heterocycles. The maximum absolute atomic E-state index is 12.3. The molecule has 0 radical (unpaired) electrons. The molecule has 2 aromatic heterocycles. The van der Waals surface area contributed by atoms with E-state index in [0.717, 1.165) is 22.0 Å². The molecule has 0 fully saturated rings. The lowest BCUT2D eigenvalue weighted by Gasteiger charge is -2.08. The number of aromatic amines is 1. The highest BCUT2D eigenvalue weighted by Gasteiger charge is 2.19. The molecule has 4 rings (SSSR count). The molecule has 150 valence electrons. The fourth-order valence-electron chi connectivity index (χ4n) is 2.87. The predicted molar refractivity (Wildman–Crippen MR) is 116 cm³/mol. The van der Waals surface area contributed by atoms with Crippen LogP contribution in [0.3, 0.4) is 0 Å². The third kappa shape index (κ3) is 3.75. The lowest BCUT2D eigenvalue weighted by atomic mass is 10.1. The maximum atomic E-state index is 12.3. The lowest BCUT2D eigenvalue weighted by molar-refractivity contribution is 0.587. The summed E-state index contributed by atoms with van der Waals surface area (Å²) in [6.45, 7) is 3.31. The van der Waals surface area contributed by atoms with Gasteiger partial charge in [-0.15, -0.1) is 0 Å². The minimum absolute atomic E-state index is 0.231. The number of hydrogen-bond acceptors (Lipinski definition) is 6. The Morgan fingerprint density at radius 3 is 2.53 bits per heavy atom. The van der Waals surface area contributed by atoms with E-state index in [1.807, 2.05) is 18.2 Å². The Bertz CT molecular complexity index is 1390. The SMILES string of the molecule is CC(C)S(=O)(=O)c1ccc(-c2cnc(N)c(C#Cc3ccc4[nH]ncc4c3)n2)cc1. The topological polar surface area (TPSA) is 115 Å². The molecule has 4 aromatic rings. The van der Waals surface area contributed by atoms with Gasteiger partial charge in [-0.05, 0) is 50.1 Å². The number of nitrogens with zero attached hydrogens (tertiary/aromatic N) is 3. The molecule has 0 aliphatic rings. The van der Waals surface area contributed by atoms with E-state index in [0.29, 0.717) is 11.4 Å². The minimum atomic E-state index is -3.33. The molecule has 0 saturated heterocycles. The van der Waals surface area contributed by atoms with E-state index in [9.17, 15) is 8.42 Å². The van der Waals surface area contributed by atoms with Gasteiger partial charge in [-0.1, -0.05) is 18.1 Å². The Morgan fingerprint density at radius 2 is 1.80 bits per heavy atom. The molecule has 8 heteroatoms. The van der Waals surface area contributed by atoms with Gasteiger partial charge in [-0.2, -0.15) is 5.10 Å². The van der Waals surface area contributed by atoms with E-state index in [4.69, 9.17) is 5.73 Å². The summed E-state index contributed by atoms with van der Waals surface area (Å²) in [5.41, 5.74) is 9.34. The number of nitrogens with one attached hydrogen (secondary N) is 1. The Balaban J connectivity index is 1.65. The van der Waals surface area contributed by atoms with Gasteiger partial charge >= 0.3 is 0 Å². The summed E-state index contributed by atoms with van der Waals surface area (Å²) in [5, 5.41) is 7.37. The van der Waals surface area contributed by atoms with Crippen molar-refractivity contribution in [3.8, 4) is 23.1 Å². The zero-order chi connectivity index (χ0) is 21.3. The van der Waals surface area contributed by atoms with Crippen molar-refractivity contribution in [3.63, 3.8) is 0 Å². The Labute approximate surface area is 174 Å². The smallest absolute Gasteiger partial charge is 0.180 e. The van der Waals surface area contributed by atoms with Crippen molar-refractivity contribution < 1.29 is 8.42 Å². The monoisotopic (exact) mass is 417 g/mol. The average molecular weight is 417 g/mol. The van der Waals surface area contributed by atoms with Crippen LogP contribution < -0.4 is 5.73 Å². The van der Waals surface area contributed by atoms with E-state index >= 15 is 0 Å². The van der Waals surface area contributed by atoms with Gasteiger partial charge in [-0.25, -0.2) is 18.4 Å². The highest BCUT2D eigenvalue weighted by atomic mass is 32.2. The van der Waals surface area contributed by atoms with Crippen molar-refractivity contribution in [2.45, 2.75) is 24.0 Å². The van der Waals surface area contributed by atoms with Gasteiger partial charge in [0, 0.05) is 16.5 Å². The number of aromatic nitrogens is 4. The van der Waals surface area contributed by atoms with E-state index in [-0.39, 0.29) is 10.7 Å². The largest absolute Gasteiger partial charge is 0.381 e. The fourth-order valence-corrected chi connectivity index (χ4v) is 3.93. The molecule has 0 amide bonds. The Hall–Kier alpha value is -3.70. The maximum Gasteiger partial charge on any atom is 0.180 e. The van der Waals surface area contributed by atoms with Crippen LogP contribution in [0.5, 0.6) is 0 Å². The number of nitrogen functional groups attached to an aromatic ring is 1. The third-order valence-electron chi connectivity index (χ3n) is 4.67. The van der Waals surface area contributed by atoms with Crippen LogP contribution in [0.4, 0.5) is 5.82 Å². The van der Waals surface area contributed by atoms with Crippen molar-refractivity contribution in [2.75, 3.05) is 5.73 Å². The molecule has 0 spiro atoms. The molecule has 3 N–H and O–H groups in total. The van der Waals surface area contributed by atoms with Crippen LogP contribution in [-0.4, -0.2) is 33.8 Å². The average Bonchev–Trinajstić information content (AvgIpc) is 3.21. The van der Waals surface area contributed by atoms with Gasteiger partial charge in [0.2, 0.25) is 0 Å². The number of H-pyrrole nitrogens is 1. The molecule has 0 aliphatic carbocycles. The summed E-state index contributed by atoms with van der Waals surface area (Å²) in [6, 6.07) is 12.3. The van der Waals surface area contributed by atoms with Gasteiger partial charge in [-0.3, -0.25) is 5.10 Å². The van der Waals surface area contributed by atoms with Gasteiger partial charge in [0.15, 0.2) is 21.3 Å². The zero-order valence-electron chi connectivity index (χ0n) is 16.4. The zero-order valence-corrected chi connectivity index (χ0v) is 17.2. The van der Waals surface area contributed by atoms with Crippen molar-refractivity contribution in [3.05, 3.63) is 66.1 Å². The number of benzene rings is 2. The van der Waals surface area contributed by atoms with E-state index in [1.54, 1.807) is 50.5 Å². The first-order valence-electron chi connectivity index (χ1n) is 9.26. The number of fused-ring (bicyclic) bond motifs is 1. The molecule has 0 bridgehead atoms. The molecular weight excluding hydrogens is 398 g/mol. The first kappa shape index (κ1) is 19.6. The molecular formula is C22H19N5O2S. The number of sulfone groups is 1. The predicted octanol–water partition coefficient (Wildman–Crippen LogP) is 3.18. The second kappa shape index (κ2) is 7.61. The highest BCUT2D eigenvalue weighted by molar-refractivity contribution is 7.92. The first-order valence-corrected chi connectivity index (χ1v) is 10.8. The van der Waals surface area contributed by atoms with Crippen LogP contribution >= 0.6 is 0 Å². The lowest BCUT2D eigenvalue weighted by Crippen LogP contribution is -2.13. The normalized spacial score (nSPS) is 11.4. The van der Waals surface area contributed by atoms with Gasteiger partial charge in [0.1, 0.15) is 0 Å². The molecule has 0 saturated carbocycles. The Kier molecular flexibility index (Phi) is 4.98. The Morgan fingerprint density at radius 1 is 1.03 bits per heavy atom. The fraction of sp³-hybridized carbons (Fsp3) is 0.136. The van der Waals surface area contributed by atoms with Gasteiger partial charge in [0.25, 0.3) is 0 Å².